The summed E-state index contributed by atoms with van der Waals surface area (Å²) in [6.45, 7) is 2.32. The van der Waals surface area contributed by atoms with Crippen molar-refractivity contribution >= 4 is 0 Å². The second kappa shape index (κ2) is 4.77. The molecule has 2 rings (SSSR count). The van der Waals surface area contributed by atoms with E-state index in [2.05, 4.69) is 6.92 Å². The Morgan fingerprint density at radius 1 is 1.19 bits per heavy atom. The summed E-state index contributed by atoms with van der Waals surface area (Å²) in [6, 6.07) is 5.41. The lowest BCUT2D eigenvalue weighted by atomic mass is 9.79. The van der Waals surface area contributed by atoms with Gasteiger partial charge in [-0.2, -0.15) is 0 Å². The molecule has 1 N–H and O–H groups in total. The molecule has 0 unspecified atom stereocenters. The number of rotatable bonds is 2. The summed E-state index contributed by atoms with van der Waals surface area (Å²) in [4.78, 5) is 0. The van der Waals surface area contributed by atoms with Crippen molar-refractivity contribution in [3.05, 3.63) is 23.8 Å². The Morgan fingerprint density at radius 3 is 2.50 bits per heavy atom. The van der Waals surface area contributed by atoms with Gasteiger partial charge >= 0.3 is 0 Å². The minimum Gasteiger partial charge on any atom is -0.508 e. The molecule has 1 fully saturated rings. The van der Waals surface area contributed by atoms with Gasteiger partial charge in [0.1, 0.15) is 11.5 Å². The summed E-state index contributed by atoms with van der Waals surface area (Å²) in [7, 11) is 1.70. The van der Waals surface area contributed by atoms with E-state index in [-0.39, 0.29) is 0 Å². The molecule has 0 amide bonds. The van der Waals surface area contributed by atoms with Crippen molar-refractivity contribution in [2.24, 2.45) is 5.92 Å². The van der Waals surface area contributed by atoms with E-state index >= 15 is 0 Å². The third kappa shape index (κ3) is 2.31. The second-order valence-corrected chi connectivity index (χ2v) is 4.88. The highest BCUT2D eigenvalue weighted by Gasteiger charge is 2.22. The first kappa shape index (κ1) is 11.3. The van der Waals surface area contributed by atoms with Gasteiger partial charge < -0.3 is 9.84 Å². The zero-order valence-corrected chi connectivity index (χ0v) is 10.1. The monoisotopic (exact) mass is 220 g/mol. The van der Waals surface area contributed by atoms with Crippen LogP contribution in [-0.2, 0) is 0 Å². The molecule has 0 radical (unpaired) electrons. The molecule has 2 heteroatoms. The number of phenols is 1. The van der Waals surface area contributed by atoms with Crippen LogP contribution in [0.4, 0.5) is 0 Å². The normalized spacial score (nSPS) is 25.4. The fraction of sp³-hybridized carbons (Fsp3) is 0.571. The minimum absolute atomic E-state index is 0.342. The molecule has 0 spiro atoms. The fourth-order valence-electron chi connectivity index (χ4n) is 2.61. The van der Waals surface area contributed by atoms with Gasteiger partial charge in [0, 0.05) is 5.56 Å². The number of phenolic OH excluding ortho intramolecular Hbond substituents is 1. The van der Waals surface area contributed by atoms with Gasteiger partial charge in [0.25, 0.3) is 0 Å². The lowest BCUT2D eigenvalue weighted by Crippen LogP contribution is -2.11. The standard InChI is InChI=1S/C14H20O2/c1-10-3-5-11(6-4-10)13-9-12(15)7-8-14(13)16-2/h7-11,15H,3-6H2,1-2H3. The Hall–Kier alpha value is -1.18. The van der Waals surface area contributed by atoms with Crippen LogP contribution >= 0.6 is 0 Å². The number of methoxy groups -OCH3 is 1. The zero-order valence-electron chi connectivity index (χ0n) is 10.1. The second-order valence-electron chi connectivity index (χ2n) is 4.88. The zero-order chi connectivity index (χ0) is 11.5. The smallest absolute Gasteiger partial charge is 0.122 e. The van der Waals surface area contributed by atoms with E-state index in [1.165, 1.54) is 31.2 Å². The molecule has 1 aromatic rings. The molecule has 0 aliphatic heterocycles. The van der Waals surface area contributed by atoms with Crippen LogP contribution < -0.4 is 4.74 Å². The van der Waals surface area contributed by atoms with E-state index in [1.54, 1.807) is 13.2 Å². The number of hydrogen-bond acceptors (Lipinski definition) is 2. The number of ether oxygens (including phenoxy) is 1. The topological polar surface area (TPSA) is 29.5 Å². The van der Waals surface area contributed by atoms with Crippen molar-refractivity contribution in [3.8, 4) is 11.5 Å². The molecule has 0 atom stereocenters. The lowest BCUT2D eigenvalue weighted by Gasteiger charge is -2.27. The summed E-state index contributed by atoms with van der Waals surface area (Å²) < 4.78 is 5.37. The molecule has 1 aromatic carbocycles. The van der Waals surface area contributed by atoms with Crippen LogP contribution in [0.3, 0.4) is 0 Å². The van der Waals surface area contributed by atoms with Gasteiger partial charge in [-0.15, -0.1) is 0 Å². The first-order valence-corrected chi connectivity index (χ1v) is 6.07. The van der Waals surface area contributed by atoms with Crippen molar-refractivity contribution in [2.75, 3.05) is 7.11 Å². The molecule has 2 nitrogen and oxygen atoms in total. The third-order valence-electron chi connectivity index (χ3n) is 3.67. The molecule has 88 valence electrons. The Kier molecular flexibility index (Phi) is 3.37. The Balaban J connectivity index is 2.21. The van der Waals surface area contributed by atoms with E-state index < -0.39 is 0 Å². The van der Waals surface area contributed by atoms with E-state index in [9.17, 15) is 5.11 Å². The van der Waals surface area contributed by atoms with Crippen molar-refractivity contribution < 1.29 is 9.84 Å². The number of aromatic hydroxyl groups is 1. The maximum Gasteiger partial charge on any atom is 0.122 e. The van der Waals surface area contributed by atoms with Crippen molar-refractivity contribution in [1.29, 1.82) is 0 Å². The largest absolute Gasteiger partial charge is 0.508 e. The quantitative estimate of drug-likeness (QED) is 0.823. The van der Waals surface area contributed by atoms with Gasteiger partial charge in [-0.05, 0) is 42.9 Å². The molecule has 0 saturated heterocycles. The highest BCUT2D eigenvalue weighted by atomic mass is 16.5. The first-order chi connectivity index (χ1) is 7.70. The number of benzene rings is 1. The van der Waals surface area contributed by atoms with Crippen LogP contribution in [0.2, 0.25) is 0 Å². The van der Waals surface area contributed by atoms with E-state index in [0.717, 1.165) is 11.7 Å². The number of hydrogen-bond donors (Lipinski definition) is 1. The summed E-state index contributed by atoms with van der Waals surface area (Å²) in [5.74, 6) is 2.66. The van der Waals surface area contributed by atoms with E-state index in [1.807, 2.05) is 12.1 Å². The summed E-state index contributed by atoms with van der Waals surface area (Å²) in [6.07, 6.45) is 4.98. The van der Waals surface area contributed by atoms with E-state index in [4.69, 9.17) is 4.74 Å². The molecule has 0 aromatic heterocycles. The van der Waals surface area contributed by atoms with E-state index in [0.29, 0.717) is 11.7 Å². The Labute approximate surface area is 97.3 Å². The predicted molar refractivity (Wildman–Crippen MR) is 65.0 cm³/mol. The third-order valence-corrected chi connectivity index (χ3v) is 3.67. The summed E-state index contributed by atoms with van der Waals surface area (Å²) in [5, 5.41) is 9.56. The first-order valence-electron chi connectivity index (χ1n) is 6.07. The molecule has 1 aliphatic carbocycles. The Bertz CT molecular complexity index is 352. The summed E-state index contributed by atoms with van der Waals surface area (Å²) in [5.41, 5.74) is 1.18. The van der Waals surface area contributed by atoms with Gasteiger partial charge in [0.15, 0.2) is 0 Å². The summed E-state index contributed by atoms with van der Waals surface area (Å²) >= 11 is 0. The van der Waals surface area contributed by atoms with Crippen LogP contribution in [0, 0.1) is 5.92 Å². The minimum atomic E-state index is 0.342. The van der Waals surface area contributed by atoms with Gasteiger partial charge in [-0.25, -0.2) is 0 Å². The molecule has 0 bridgehead atoms. The highest BCUT2D eigenvalue weighted by molar-refractivity contribution is 5.42. The molecule has 1 saturated carbocycles. The maximum absolute atomic E-state index is 9.56. The van der Waals surface area contributed by atoms with Crippen LogP contribution in [0.15, 0.2) is 18.2 Å². The predicted octanol–water partition coefficient (Wildman–Crippen LogP) is 3.69. The van der Waals surface area contributed by atoms with Crippen LogP contribution in [0.25, 0.3) is 0 Å². The molecule has 0 heterocycles. The van der Waals surface area contributed by atoms with Gasteiger partial charge in [0.05, 0.1) is 7.11 Å². The van der Waals surface area contributed by atoms with Crippen LogP contribution in [0.1, 0.15) is 44.1 Å². The molecule has 16 heavy (non-hydrogen) atoms. The van der Waals surface area contributed by atoms with Gasteiger partial charge in [0.2, 0.25) is 0 Å². The van der Waals surface area contributed by atoms with Crippen LogP contribution in [0.5, 0.6) is 11.5 Å². The highest BCUT2D eigenvalue weighted by Crippen LogP contribution is 2.40. The van der Waals surface area contributed by atoms with Crippen molar-refractivity contribution in [3.63, 3.8) is 0 Å². The lowest BCUT2D eigenvalue weighted by molar-refractivity contribution is 0.335. The molecular weight excluding hydrogens is 200 g/mol. The van der Waals surface area contributed by atoms with Gasteiger partial charge in [-0.1, -0.05) is 19.8 Å². The van der Waals surface area contributed by atoms with Crippen molar-refractivity contribution in [1.82, 2.24) is 0 Å². The Morgan fingerprint density at radius 2 is 1.88 bits per heavy atom. The van der Waals surface area contributed by atoms with Crippen molar-refractivity contribution in [2.45, 2.75) is 38.5 Å². The molecular formula is C14H20O2. The molecule has 1 aliphatic rings. The fourth-order valence-corrected chi connectivity index (χ4v) is 2.61. The SMILES string of the molecule is COc1ccc(O)cc1C1CCC(C)CC1. The van der Waals surface area contributed by atoms with Gasteiger partial charge in [-0.3, -0.25) is 0 Å². The average Bonchev–Trinajstić information content (AvgIpc) is 2.30. The maximum atomic E-state index is 9.56. The van der Waals surface area contributed by atoms with Crippen LogP contribution in [-0.4, -0.2) is 12.2 Å². The average molecular weight is 220 g/mol.